The molecule has 334 valence electrons. The lowest BCUT2D eigenvalue weighted by molar-refractivity contribution is 0.0556. The van der Waals surface area contributed by atoms with Crippen LogP contribution in [0.1, 0.15) is 64.1 Å². The van der Waals surface area contributed by atoms with Gasteiger partial charge in [-0.15, -0.1) is 0 Å². The zero-order valence-electron chi connectivity index (χ0n) is 35.9. The normalized spacial score (nSPS) is 19.6. The first-order valence-corrected chi connectivity index (χ1v) is 20.3. The SMILES string of the molecule is C=CCOC(=O)N1c2cc(OCc3cc(C#CCN)cc(COc4cc5c(cc4OC)C(=O)N4C=C(C)C[C@H]4[C@H](O)N5C(=O)OCC=C)c3)c(OC)cc2C(=O)N2C=C(C)C[C@H]2[C@@H]1O. The lowest BCUT2D eigenvalue weighted by Crippen LogP contribution is -2.50. The third-order valence-electron chi connectivity index (χ3n) is 10.9. The number of anilines is 2. The molecule has 0 aromatic heterocycles. The van der Waals surface area contributed by atoms with Gasteiger partial charge in [0.05, 0.1) is 55.3 Å². The Morgan fingerprint density at radius 2 is 1.16 bits per heavy atom. The number of nitrogens with two attached hydrogens (primary N) is 1. The first-order chi connectivity index (χ1) is 30.8. The summed E-state index contributed by atoms with van der Waals surface area (Å²) in [5, 5.41) is 23.2. The van der Waals surface area contributed by atoms with E-state index in [9.17, 15) is 29.4 Å². The number of nitrogens with zero attached hydrogens (tertiary/aromatic N) is 4. The van der Waals surface area contributed by atoms with Gasteiger partial charge in [0.2, 0.25) is 0 Å². The maximum absolute atomic E-state index is 13.9. The third kappa shape index (κ3) is 8.71. The van der Waals surface area contributed by atoms with Crippen molar-refractivity contribution in [3.8, 4) is 34.8 Å². The van der Waals surface area contributed by atoms with Gasteiger partial charge < -0.3 is 54.2 Å². The van der Waals surface area contributed by atoms with Crippen LogP contribution in [0.2, 0.25) is 0 Å². The lowest BCUT2D eigenvalue weighted by atomic mass is 10.1. The van der Waals surface area contributed by atoms with Crippen LogP contribution in [0.25, 0.3) is 0 Å². The van der Waals surface area contributed by atoms with E-state index in [-0.39, 0.29) is 78.5 Å². The Hall–Kier alpha value is -7.26. The molecule has 0 fully saturated rings. The van der Waals surface area contributed by atoms with Crippen LogP contribution >= 0.6 is 0 Å². The van der Waals surface area contributed by atoms with E-state index in [0.717, 1.165) is 20.9 Å². The second-order valence-electron chi connectivity index (χ2n) is 15.4. The van der Waals surface area contributed by atoms with Gasteiger partial charge in [0, 0.05) is 30.1 Å². The highest BCUT2D eigenvalue weighted by atomic mass is 16.6. The number of aliphatic hydroxyl groups excluding tert-OH is 2. The number of methoxy groups -OCH3 is 2. The van der Waals surface area contributed by atoms with E-state index in [0.29, 0.717) is 29.5 Å². The summed E-state index contributed by atoms with van der Waals surface area (Å²) in [5.41, 5.74) is 9.54. The van der Waals surface area contributed by atoms with Gasteiger partial charge in [0.25, 0.3) is 11.8 Å². The molecule has 0 saturated carbocycles. The van der Waals surface area contributed by atoms with Crippen molar-refractivity contribution in [2.45, 2.75) is 64.4 Å². The number of aliphatic hydroxyl groups is 2. The summed E-state index contributed by atoms with van der Waals surface area (Å²) in [7, 11) is 2.83. The molecular weight excluding hydrogens is 827 g/mol. The van der Waals surface area contributed by atoms with Crippen molar-refractivity contribution in [1.82, 2.24) is 9.80 Å². The van der Waals surface area contributed by atoms with Gasteiger partial charge in [-0.25, -0.2) is 19.4 Å². The first-order valence-electron chi connectivity index (χ1n) is 20.3. The molecule has 0 aliphatic carbocycles. The number of fused-ring (bicyclic) bond motifs is 4. The highest BCUT2D eigenvalue weighted by Crippen LogP contribution is 2.44. The molecule has 4 amide bonds. The second-order valence-corrected chi connectivity index (χ2v) is 15.4. The highest BCUT2D eigenvalue weighted by molar-refractivity contribution is 6.07. The summed E-state index contributed by atoms with van der Waals surface area (Å²) in [5.74, 6) is 5.69. The smallest absolute Gasteiger partial charge is 0.416 e. The fraction of sp³-hybridized carbons (Fsp3) is 0.319. The quantitative estimate of drug-likeness (QED) is 0.156. The van der Waals surface area contributed by atoms with Crippen LogP contribution in [0.15, 0.2) is 91.3 Å². The predicted molar refractivity (Wildman–Crippen MR) is 234 cm³/mol. The van der Waals surface area contributed by atoms with Gasteiger partial charge in [-0.05, 0) is 68.1 Å². The molecule has 3 aromatic rings. The largest absolute Gasteiger partial charge is 0.493 e. The minimum absolute atomic E-state index is 0.0582. The Bertz CT molecular complexity index is 2370. The number of carbonyl (C=O) groups excluding carboxylic acids is 4. The van der Waals surface area contributed by atoms with E-state index in [1.165, 1.54) is 60.4 Å². The van der Waals surface area contributed by atoms with Crippen LogP contribution in [-0.4, -0.2) is 103 Å². The summed E-state index contributed by atoms with van der Waals surface area (Å²) < 4.78 is 34.7. The van der Waals surface area contributed by atoms with E-state index in [1.54, 1.807) is 24.5 Å². The number of ether oxygens (including phenoxy) is 6. The average Bonchev–Trinajstić information content (AvgIpc) is 3.86. The van der Waals surface area contributed by atoms with E-state index < -0.39 is 48.5 Å². The van der Waals surface area contributed by atoms with Gasteiger partial charge >= 0.3 is 12.2 Å². The van der Waals surface area contributed by atoms with Crippen molar-refractivity contribution < 1.29 is 57.8 Å². The maximum Gasteiger partial charge on any atom is 0.416 e. The van der Waals surface area contributed by atoms with Crippen molar-refractivity contribution in [1.29, 1.82) is 0 Å². The van der Waals surface area contributed by atoms with Crippen molar-refractivity contribution in [3.05, 3.63) is 119 Å². The summed E-state index contributed by atoms with van der Waals surface area (Å²) in [6, 6.07) is 9.70. The number of amides is 4. The number of carbonyl (C=O) groups is 4. The molecule has 17 nitrogen and oxygen atoms in total. The summed E-state index contributed by atoms with van der Waals surface area (Å²) in [4.78, 5) is 59.8. The summed E-state index contributed by atoms with van der Waals surface area (Å²) in [6.45, 7) is 10.6. The fourth-order valence-corrected chi connectivity index (χ4v) is 8.13. The summed E-state index contributed by atoms with van der Waals surface area (Å²) in [6.07, 6.45) is 2.07. The summed E-state index contributed by atoms with van der Waals surface area (Å²) >= 11 is 0. The predicted octanol–water partition coefficient (Wildman–Crippen LogP) is 5.33. The third-order valence-corrected chi connectivity index (χ3v) is 10.9. The Kier molecular flexibility index (Phi) is 13.3. The molecule has 64 heavy (non-hydrogen) atoms. The molecular formula is C47H49N5O12. The van der Waals surface area contributed by atoms with Crippen LogP contribution in [-0.2, 0) is 22.7 Å². The topological polar surface area (TPSA) is 203 Å². The van der Waals surface area contributed by atoms with Gasteiger partial charge in [-0.3, -0.25) is 9.59 Å². The molecule has 4 heterocycles. The fourth-order valence-electron chi connectivity index (χ4n) is 8.13. The number of rotatable bonds is 12. The van der Waals surface area contributed by atoms with Crippen LogP contribution in [0.3, 0.4) is 0 Å². The van der Waals surface area contributed by atoms with Crippen molar-refractivity contribution in [3.63, 3.8) is 0 Å². The first kappa shape index (κ1) is 44.8. The second kappa shape index (κ2) is 19.0. The van der Waals surface area contributed by atoms with E-state index in [1.807, 2.05) is 19.9 Å². The molecule has 0 spiro atoms. The van der Waals surface area contributed by atoms with Gasteiger partial charge in [-0.1, -0.05) is 48.3 Å². The minimum atomic E-state index is -1.46. The minimum Gasteiger partial charge on any atom is -0.493 e. The molecule has 7 rings (SSSR count). The van der Waals surface area contributed by atoms with Gasteiger partial charge in [0.15, 0.2) is 35.5 Å². The molecule has 0 bridgehead atoms. The molecule has 0 unspecified atom stereocenters. The van der Waals surface area contributed by atoms with Gasteiger partial charge in [-0.2, -0.15) is 0 Å². The van der Waals surface area contributed by atoms with Crippen LogP contribution in [0, 0.1) is 11.8 Å². The monoisotopic (exact) mass is 875 g/mol. The molecule has 0 radical (unpaired) electrons. The van der Waals surface area contributed by atoms with E-state index >= 15 is 0 Å². The van der Waals surface area contributed by atoms with Crippen molar-refractivity contribution >= 4 is 35.4 Å². The Labute approximate surface area is 370 Å². The maximum atomic E-state index is 13.9. The van der Waals surface area contributed by atoms with Crippen LogP contribution in [0.5, 0.6) is 23.0 Å². The number of benzene rings is 3. The molecule has 4 aliphatic heterocycles. The molecule has 4 N–H and O–H groups in total. The standard InChI is InChI=1S/C47H49N5O12/c1-7-12-61-46(57)51-34-21-40(38(59-5)19-32(34)42(53)49-23-27(3)14-36(49)44(51)55)63-25-30-16-29(10-9-11-48)17-31(18-30)26-64-41-22-35-33(20-39(41)60-6)43(54)50-24-28(4)15-37(50)45(56)52(35)47(58)62-13-8-2/h7-8,16-24,36-37,44-45,55-56H,1-2,11-15,25-26,48H2,3-6H3/t36-,37-,44-,45-/m0/s1. The molecule has 4 aliphatic rings. The number of hydrogen-bond acceptors (Lipinski definition) is 13. The molecule has 4 atom stereocenters. The van der Waals surface area contributed by atoms with Crippen molar-refractivity contribution in [2.75, 3.05) is 43.8 Å². The Balaban J connectivity index is 1.21. The molecule has 0 saturated heterocycles. The molecule has 17 heteroatoms. The zero-order chi connectivity index (χ0) is 45.8. The van der Waals surface area contributed by atoms with Crippen LogP contribution < -0.4 is 34.5 Å². The Morgan fingerprint density at radius 3 is 1.55 bits per heavy atom. The number of hydrogen-bond donors (Lipinski definition) is 3. The lowest BCUT2D eigenvalue weighted by Gasteiger charge is -2.31. The van der Waals surface area contributed by atoms with E-state index in [4.69, 9.17) is 34.2 Å². The van der Waals surface area contributed by atoms with Gasteiger partial charge in [0.1, 0.15) is 26.4 Å². The Morgan fingerprint density at radius 1 is 0.719 bits per heavy atom. The average molecular weight is 876 g/mol. The van der Waals surface area contributed by atoms with Crippen LogP contribution in [0.4, 0.5) is 21.0 Å². The van der Waals surface area contributed by atoms with Crippen molar-refractivity contribution in [2.24, 2.45) is 5.73 Å². The van der Waals surface area contributed by atoms with E-state index in [2.05, 4.69) is 25.0 Å². The highest BCUT2D eigenvalue weighted by Gasteiger charge is 2.46. The molecule has 3 aromatic carbocycles. The zero-order valence-corrected chi connectivity index (χ0v) is 35.9.